The van der Waals surface area contributed by atoms with Crippen LogP contribution in [0.2, 0.25) is 0 Å². The second kappa shape index (κ2) is 6.50. The van der Waals surface area contributed by atoms with Crippen molar-refractivity contribution in [1.82, 2.24) is 5.32 Å². The van der Waals surface area contributed by atoms with E-state index in [2.05, 4.69) is 18.3 Å². The van der Waals surface area contributed by atoms with Crippen LogP contribution in [0.25, 0.3) is 0 Å². The molecule has 0 saturated carbocycles. The van der Waals surface area contributed by atoms with Gasteiger partial charge in [-0.2, -0.15) is 0 Å². The van der Waals surface area contributed by atoms with Gasteiger partial charge in [-0.1, -0.05) is 18.2 Å². The first-order valence-electron chi connectivity index (χ1n) is 6.13. The number of rotatable bonds is 5. The SMILES string of the molecule is CO[C@H](CNC(=O)c1ccccc1)c1ccc(C)s1. The summed E-state index contributed by atoms with van der Waals surface area (Å²) in [6.07, 6.45) is -0.0913. The summed E-state index contributed by atoms with van der Waals surface area (Å²) in [5.41, 5.74) is 0.666. The highest BCUT2D eigenvalue weighted by Crippen LogP contribution is 2.24. The third-order valence-electron chi connectivity index (χ3n) is 2.85. The Morgan fingerprint density at radius 2 is 2.00 bits per heavy atom. The van der Waals surface area contributed by atoms with Gasteiger partial charge in [-0.3, -0.25) is 4.79 Å². The fraction of sp³-hybridized carbons (Fsp3) is 0.267. The fourth-order valence-electron chi connectivity index (χ4n) is 1.80. The van der Waals surface area contributed by atoms with Crippen molar-refractivity contribution >= 4 is 17.2 Å². The first-order chi connectivity index (χ1) is 9.20. The standard InChI is InChI=1S/C15H17NO2S/c1-11-8-9-14(19-11)13(18-2)10-16-15(17)12-6-4-3-5-7-12/h3-9,13H,10H2,1-2H3,(H,16,17)/t13-/m1/s1. The van der Waals surface area contributed by atoms with Crippen LogP contribution in [0.1, 0.15) is 26.2 Å². The van der Waals surface area contributed by atoms with E-state index in [0.717, 1.165) is 4.88 Å². The smallest absolute Gasteiger partial charge is 0.251 e. The van der Waals surface area contributed by atoms with E-state index in [1.807, 2.05) is 24.3 Å². The van der Waals surface area contributed by atoms with E-state index in [0.29, 0.717) is 12.1 Å². The van der Waals surface area contributed by atoms with Gasteiger partial charge in [-0.05, 0) is 31.2 Å². The molecule has 0 aliphatic rings. The van der Waals surface area contributed by atoms with Crippen molar-refractivity contribution in [1.29, 1.82) is 0 Å². The van der Waals surface area contributed by atoms with E-state index in [4.69, 9.17) is 4.74 Å². The number of thiophene rings is 1. The molecule has 0 unspecified atom stereocenters. The van der Waals surface area contributed by atoms with Crippen LogP contribution in [0, 0.1) is 6.92 Å². The molecule has 2 aromatic rings. The molecular weight excluding hydrogens is 258 g/mol. The Morgan fingerprint density at radius 3 is 2.58 bits per heavy atom. The van der Waals surface area contributed by atoms with E-state index in [1.165, 1.54) is 4.88 Å². The molecule has 0 fully saturated rings. The number of benzene rings is 1. The van der Waals surface area contributed by atoms with E-state index in [-0.39, 0.29) is 12.0 Å². The van der Waals surface area contributed by atoms with Gasteiger partial charge in [-0.25, -0.2) is 0 Å². The van der Waals surface area contributed by atoms with Crippen molar-refractivity contribution in [3.8, 4) is 0 Å². The maximum Gasteiger partial charge on any atom is 0.251 e. The first kappa shape index (κ1) is 13.8. The van der Waals surface area contributed by atoms with E-state index >= 15 is 0 Å². The molecule has 0 bridgehead atoms. The van der Waals surface area contributed by atoms with Crippen LogP contribution < -0.4 is 5.32 Å². The number of nitrogens with one attached hydrogen (secondary N) is 1. The monoisotopic (exact) mass is 275 g/mol. The van der Waals surface area contributed by atoms with Gasteiger partial charge in [0.05, 0.1) is 0 Å². The summed E-state index contributed by atoms with van der Waals surface area (Å²) < 4.78 is 5.43. The van der Waals surface area contributed by atoms with Gasteiger partial charge >= 0.3 is 0 Å². The number of methoxy groups -OCH3 is 1. The average Bonchev–Trinajstić information content (AvgIpc) is 2.87. The van der Waals surface area contributed by atoms with Crippen LogP contribution in [0.5, 0.6) is 0 Å². The zero-order valence-electron chi connectivity index (χ0n) is 11.1. The summed E-state index contributed by atoms with van der Waals surface area (Å²) in [6.45, 7) is 2.54. The second-order valence-corrected chi connectivity index (χ2v) is 5.57. The number of amides is 1. The highest BCUT2D eigenvalue weighted by Gasteiger charge is 2.14. The normalized spacial score (nSPS) is 12.1. The molecule has 1 aromatic heterocycles. The quantitative estimate of drug-likeness (QED) is 0.910. The van der Waals surface area contributed by atoms with Gasteiger partial charge < -0.3 is 10.1 Å². The van der Waals surface area contributed by atoms with Gasteiger partial charge in [0.1, 0.15) is 6.10 Å². The lowest BCUT2D eigenvalue weighted by Gasteiger charge is -2.14. The summed E-state index contributed by atoms with van der Waals surface area (Å²) in [7, 11) is 1.66. The second-order valence-electron chi connectivity index (χ2n) is 4.25. The Bertz CT molecular complexity index is 536. The Morgan fingerprint density at radius 1 is 1.26 bits per heavy atom. The van der Waals surface area contributed by atoms with Gasteiger partial charge in [-0.15, -0.1) is 11.3 Å². The minimum atomic E-state index is -0.0913. The van der Waals surface area contributed by atoms with Crippen LogP contribution in [0.3, 0.4) is 0 Å². The lowest BCUT2D eigenvalue weighted by Crippen LogP contribution is -2.28. The van der Waals surface area contributed by atoms with Crippen LogP contribution in [0.15, 0.2) is 42.5 Å². The summed E-state index contributed by atoms with van der Waals surface area (Å²) in [4.78, 5) is 14.3. The van der Waals surface area contributed by atoms with Crippen molar-refractivity contribution in [3.05, 3.63) is 57.8 Å². The van der Waals surface area contributed by atoms with Crippen LogP contribution in [-0.4, -0.2) is 19.6 Å². The summed E-state index contributed by atoms with van der Waals surface area (Å²) in [5.74, 6) is -0.0732. The maximum absolute atomic E-state index is 11.9. The van der Waals surface area contributed by atoms with Crippen molar-refractivity contribution in [3.63, 3.8) is 0 Å². The van der Waals surface area contributed by atoms with Gasteiger partial charge in [0, 0.05) is 29.0 Å². The number of hydrogen-bond acceptors (Lipinski definition) is 3. The van der Waals surface area contributed by atoms with Crippen LogP contribution in [-0.2, 0) is 4.74 Å². The summed E-state index contributed by atoms with van der Waals surface area (Å²) in [5, 5.41) is 2.90. The maximum atomic E-state index is 11.9. The Kier molecular flexibility index (Phi) is 4.71. The van der Waals surface area contributed by atoms with Crippen molar-refractivity contribution in [2.24, 2.45) is 0 Å². The number of carbonyl (C=O) groups excluding carboxylic acids is 1. The predicted molar refractivity (Wildman–Crippen MR) is 77.6 cm³/mol. The molecule has 1 N–H and O–H groups in total. The Balaban J connectivity index is 1.95. The molecule has 2 rings (SSSR count). The molecule has 0 saturated heterocycles. The molecular formula is C15H17NO2S. The van der Waals surface area contributed by atoms with Crippen LogP contribution in [0.4, 0.5) is 0 Å². The molecule has 0 radical (unpaired) electrons. The minimum Gasteiger partial charge on any atom is -0.374 e. The Hall–Kier alpha value is -1.65. The van der Waals surface area contributed by atoms with Gasteiger partial charge in [0.15, 0.2) is 0 Å². The molecule has 3 nitrogen and oxygen atoms in total. The fourth-order valence-corrected chi connectivity index (χ4v) is 2.76. The molecule has 19 heavy (non-hydrogen) atoms. The third kappa shape index (κ3) is 3.66. The molecule has 0 spiro atoms. The number of ether oxygens (including phenoxy) is 1. The lowest BCUT2D eigenvalue weighted by molar-refractivity contribution is 0.0837. The van der Waals surface area contributed by atoms with E-state index < -0.39 is 0 Å². The number of carbonyl (C=O) groups is 1. The van der Waals surface area contributed by atoms with Crippen molar-refractivity contribution < 1.29 is 9.53 Å². The molecule has 4 heteroatoms. The summed E-state index contributed by atoms with van der Waals surface area (Å²) >= 11 is 1.69. The molecule has 0 aliphatic carbocycles. The predicted octanol–water partition coefficient (Wildman–Crippen LogP) is 3.17. The average molecular weight is 275 g/mol. The zero-order chi connectivity index (χ0) is 13.7. The lowest BCUT2D eigenvalue weighted by atomic mass is 10.2. The highest BCUT2D eigenvalue weighted by atomic mass is 32.1. The number of aryl methyl sites for hydroxylation is 1. The molecule has 0 aliphatic heterocycles. The number of hydrogen-bond donors (Lipinski definition) is 1. The minimum absolute atomic E-state index is 0.0732. The molecule has 1 aromatic carbocycles. The van der Waals surface area contributed by atoms with Crippen molar-refractivity contribution in [2.45, 2.75) is 13.0 Å². The molecule has 1 amide bonds. The summed E-state index contributed by atoms with van der Waals surface area (Å²) in [6, 6.07) is 13.3. The highest BCUT2D eigenvalue weighted by molar-refractivity contribution is 7.12. The molecule has 1 heterocycles. The largest absolute Gasteiger partial charge is 0.374 e. The zero-order valence-corrected chi connectivity index (χ0v) is 11.9. The topological polar surface area (TPSA) is 38.3 Å². The van der Waals surface area contributed by atoms with Gasteiger partial charge in [0.2, 0.25) is 0 Å². The van der Waals surface area contributed by atoms with E-state index in [1.54, 1.807) is 30.6 Å². The molecule has 1 atom stereocenters. The molecule has 100 valence electrons. The van der Waals surface area contributed by atoms with Crippen molar-refractivity contribution in [2.75, 3.05) is 13.7 Å². The van der Waals surface area contributed by atoms with Gasteiger partial charge in [0.25, 0.3) is 5.91 Å². The van der Waals surface area contributed by atoms with E-state index in [9.17, 15) is 4.79 Å². The first-order valence-corrected chi connectivity index (χ1v) is 6.94. The third-order valence-corrected chi connectivity index (χ3v) is 3.94. The van der Waals surface area contributed by atoms with Crippen LogP contribution >= 0.6 is 11.3 Å². The Labute approximate surface area is 117 Å².